The van der Waals surface area contributed by atoms with Crippen molar-refractivity contribution in [2.24, 2.45) is 0 Å². The van der Waals surface area contributed by atoms with Crippen LogP contribution in [0.3, 0.4) is 0 Å². The number of rotatable bonds is 3. The number of imidazole rings is 1. The van der Waals surface area contributed by atoms with Gasteiger partial charge in [0.15, 0.2) is 0 Å². The number of aryl methyl sites for hydroxylation is 2. The summed E-state index contributed by atoms with van der Waals surface area (Å²) >= 11 is 1.66. The Morgan fingerprint density at radius 1 is 1.36 bits per heavy atom. The molecule has 114 valence electrons. The molecule has 0 bridgehead atoms. The maximum atomic E-state index is 12.7. The summed E-state index contributed by atoms with van der Waals surface area (Å²) in [6, 6.07) is 3.60. The van der Waals surface area contributed by atoms with E-state index in [4.69, 9.17) is 0 Å². The molecule has 0 fully saturated rings. The van der Waals surface area contributed by atoms with Gasteiger partial charge in [0.05, 0.1) is 22.3 Å². The number of aromatic nitrogens is 3. The molecule has 0 saturated heterocycles. The van der Waals surface area contributed by atoms with Gasteiger partial charge in [-0.05, 0) is 32.9 Å². The fraction of sp³-hybridized carbons (Fsp3) is 0.312. The van der Waals surface area contributed by atoms with Crippen LogP contribution in [0.1, 0.15) is 38.9 Å². The highest BCUT2D eigenvalue weighted by molar-refractivity contribution is 7.11. The second-order valence-electron chi connectivity index (χ2n) is 5.38. The van der Waals surface area contributed by atoms with Gasteiger partial charge in [0, 0.05) is 30.5 Å². The number of hydrogen-bond acceptors (Lipinski definition) is 4. The lowest BCUT2D eigenvalue weighted by atomic mass is 10.1. The Labute approximate surface area is 133 Å². The van der Waals surface area contributed by atoms with E-state index in [0.717, 1.165) is 21.2 Å². The standard InChI is InChI=1S/C16H18N4OS/c1-10(15-11(2)22-12(3)18-15)19(4)16(21)13-5-6-14-17-7-8-20(14)9-13/h5-10H,1-4H3/t10-/m0/s1. The first-order chi connectivity index (χ1) is 10.5. The molecule has 3 rings (SSSR count). The highest BCUT2D eigenvalue weighted by Crippen LogP contribution is 2.27. The lowest BCUT2D eigenvalue weighted by molar-refractivity contribution is 0.0739. The van der Waals surface area contributed by atoms with Crippen molar-refractivity contribution in [2.75, 3.05) is 7.05 Å². The van der Waals surface area contributed by atoms with Crippen LogP contribution in [0.4, 0.5) is 0 Å². The Kier molecular flexibility index (Phi) is 3.70. The molecule has 6 heteroatoms. The van der Waals surface area contributed by atoms with Crippen molar-refractivity contribution in [3.63, 3.8) is 0 Å². The molecule has 0 aromatic carbocycles. The van der Waals surface area contributed by atoms with Gasteiger partial charge < -0.3 is 9.30 Å². The lowest BCUT2D eigenvalue weighted by Crippen LogP contribution is -2.30. The molecule has 1 atom stereocenters. The van der Waals surface area contributed by atoms with Gasteiger partial charge in [-0.1, -0.05) is 0 Å². The molecule has 3 aromatic rings. The van der Waals surface area contributed by atoms with Crippen LogP contribution in [0.5, 0.6) is 0 Å². The molecule has 1 amide bonds. The van der Waals surface area contributed by atoms with Gasteiger partial charge in [0.25, 0.3) is 5.91 Å². The van der Waals surface area contributed by atoms with Crippen molar-refractivity contribution in [3.05, 3.63) is 51.9 Å². The van der Waals surface area contributed by atoms with Gasteiger partial charge in [-0.25, -0.2) is 9.97 Å². The van der Waals surface area contributed by atoms with Crippen LogP contribution < -0.4 is 0 Å². The molecule has 0 N–H and O–H groups in total. The number of amides is 1. The third-order valence-corrected chi connectivity index (χ3v) is 4.77. The molecule has 22 heavy (non-hydrogen) atoms. The topological polar surface area (TPSA) is 50.5 Å². The predicted molar refractivity (Wildman–Crippen MR) is 87.3 cm³/mol. The van der Waals surface area contributed by atoms with Gasteiger partial charge in [0.2, 0.25) is 0 Å². The summed E-state index contributed by atoms with van der Waals surface area (Å²) in [6.07, 6.45) is 5.37. The zero-order chi connectivity index (χ0) is 15.9. The monoisotopic (exact) mass is 314 g/mol. The number of carbonyl (C=O) groups is 1. The number of hydrogen-bond donors (Lipinski definition) is 0. The largest absolute Gasteiger partial charge is 0.333 e. The maximum absolute atomic E-state index is 12.7. The molecule has 5 nitrogen and oxygen atoms in total. The minimum atomic E-state index is -0.0593. The van der Waals surface area contributed by atoms with Crippen molar-refractivity contribution in [3.8, 4) is 0 Å². The van der Waals surface area contributed by atoms with Crippen LogP contribution in [-0.2, 0) is 0 Å². The summed E-state index contributed by atoms with van der Waals surface area (Å²) < 4.78 is 1.85. The van der Waals surface area contributed by atoms with E-state index in [0.29, 0.717) is 5.56 Å². The van der Waals surface area contributed by atoms with Crippen LogP contribution in [0.25, 0.3) is 5.65 Å². The van der Waals surface area contributed by atoms with Crippen molar-refractivity contribution in [1.82, 2.24) is 19.3 Å². The second-order valence-corrected chi connectivity index (χ2v) is 6.78. The fourth-order valence-corrected chi connectivity index (χ4v) is 3.45. The zero-order valence-corrected chi connectivity index (χ0v) is 13.9. The molecule has 0 radical (unpaired) electrons. The molecule has 3 aromatic heterocycles. The van der Waals surface area contributed by atoms with Crippen molar-refractivity contribution in [2.45, 2.75) is 26.8 Å². The van der Waals surface area contributed by atoms with Crippen LogP contribution in [0.2, 0.25) is 0 Å². The summed E-state index contributed by atoms with van der Waals surface area (Å²) in [5.41, 5.74) is 2.45. The van der Waals surface area contributed by atoms with E-state index in [1.54, 1.807) is 22.4 Å². The Balaban J connectivity index is 1.88. The molecule has 0 aliphatic carbocycles. The van der Waals surface area contributed by atoms with Gasteiger partial charge in [-0.15, -0.1) is 11.3 Å². The molecular weight excluding hydrogens is 296 g/mol. The summed E-state index contributed by atoms with van der Waals surface area (Å²) in [5.74, 6) is -0.0202. The number of thiazole rings is 1. The smallest absolute Gasteiger partial charge is 0.255 e. The SMILES string of the molecule is Cc1nc([C@H](C)N(C)C(=O)c2ccc3nccn3c2)c(C)s1. The number of pyridine rings is 1. The highest BCUT2D eigenvalue weighted by Gasteiger charge is 2.22. The van der Waals surface area contributed by atoms with E-state index in [2.05, 4.69) is 9.97 Å². The summed E-state index contributed by atoms with van der Waals surface area (Å²) in [6.45, 7) is 6.05. The average molecular weight is 314 g/mol. The third kappa shape index (κ3) is 2.50. The quantitative estimate of drug-likeness (QED) is 0.745. The highest BCUT2D eigenvalue weighted by atomic mass is 32.1. The minimum Gasteiger partial charge on any atom is -0.333 e. The van der Waals surface area contributed by atoms with Crippen molar-refractivity contribution in [1.29, 1.82) is 0 Å². The molecular formula is C16H18N4OS. The number of carbonyl (C=O) groups excluding carboxylic acids is 1. The Bertz CT molecular complexity index is 836. The first-order valence-corrected chi connectivity index (χ1v) is 7.93. The van der Waals surface area contributed by atoms with Gasteiger partial charge in [-0.2, -0.15) is 0 Å². The molecule has 0 aliphatic heterocycles. The van der Waals surface area contributed by atoms with Crippen LogP contribution in [-0.4, -0.2) is 32.2 Å². The molecule has 0 saturated carbocycles. The first-order valence-electron chi connectivity index (χ1n) is 7.11. The molecule has 0 aliphatic rings. The molecule has 3 heterocycles. The maximum Gasteiger partial charge on any atom is 0.255 e. The van der Waals surface area contributed by atoms with E-state index in [9.17, 15) is 4.79 Å². The predicted octanol–water partition coefficient (Wildman–Crippen LogP) is 3.24. The average Bonchev–Trinajstić information content (AvgIpc) is 3.10. The Hall–Kier alpha value is -2.21. The summed E-state index contributed by atoms with van der Waals surface area (Å²) in [7, 11) is 1.82. The zero-order valence-electron chi connectivity index (χ0n) is 13.1. The normalized spacial score (nSPS) is 12.5. The van der Waals surface area contributed by atoms with Gasteiger partial charge >= 0.3 is 0 Å². The number of fused-ring (bicyclic) bond motifs is 1. The number of nitrogens with zero attached hydrogens (tertiary/aromatic N) is 4. The molecule has 0 unspecified atom stereocenters. The van der Waals surface area contributed by atoms with Crippen molar-refractivity contribution >= 4 is 22.9 Å². The Morgan fingerprint density at radius 3 is 2.82 bits per heavy atom. The fourth-order valence-electron chi connectivity index (χ4n) is 2.54. The van der Waals surface area contributed by atoms with E-state index in [1.807, 2.05) is 56.7 Å². The third-order valence-electron chi connectivity index (χ3n) is 3.87. The van der Waals surface area contributed by atoms with Crippen LogP contribution >= 0.6 is 11.3 Å². The second kappa shape index (κ2) is 5.53. The van der Waals surface area contributed by atoms with E-state index < -0.39 is 0 Å². The summed E-state index contributed by atoms with van der Waals surface area (Å²) in [5, 5.41) is 1.03. The van der Waals surface area contributed by atoms with Gasteiger partial charge in [-0.3, -0.25) is 4.79 Å². The molecule has 0 spiro atoms. The van der Waals surface area contributed by atoms with E-state index in [1.165, 1.54) is 0 Å². The first kappa shape index (κ1) is 14.7. The minimum absolute atomic E-state index is 0.0202. The Morgan fingerprint density at radius 2 is 2.14 bits per heavy atom. The van der Waals surface area contributed by atoms with Crippen molar-refractivity contribution < 1.29 is 4.79 Å². The van der Waals surface area contributed by atoms with E-state index in [-0.39, 0.29) is 11.9 Å². The van der Waals surface area contributed by atoms with Crippen LogP contribution in [0.15, 0.2) is 30.7 Å². The summed E-state index contributed by atoms with van der Waals surface area (Å²) in [4.78, 5) is 24.4. The van der Waals surface area contributed by atoms with E-state index >= 15 is 0 Å². The van der Waals surface area contributed by atoms with Crippen LogP contribution in [0, 0.1) is 13.8 Å². The van der Waals surface area contributed by atoms with Gasteiger partial charge in [0.1, 0.15) is 5.65 Å². The lowest BCUT2D eigenvalue weighted by Gasteiger charge is -2.24.